The number of benzene rings is 1. The summed E-state index contributed by atoms with van der Waals surface area (Å²) < 4.78 is 19.4. The Morgan fingerprint density at radius 2 is 2.14 bits per heavy atom. The first-order chi connectivity index (χ1) is 10.1. The van der Waals surface area contributed by atoms with E-state index in [0.717, 1.165) is 30.7 Å². The van der Waals surface area contributed by atoms with Crippen molar-refractivity contribution >= 4 is 15.9 Å². The Labute approximate surface area is 130 Å². The van der Waals surface area contributed by atoms with Crippen LogP contribution in [-0.4, -0.2) is 41.2 Å². The van der Waals surface area contributed by atoms with Gasteiger partial charge in [0.05, 0.1) is 11.6 Å². The lowest BCUT2D eigenvalue weighted by atomic mass is 10.2. The van der Waals surface area contributed by atoms with E-state index in [2.05, 4.69) is 43.2 Å². The lowest BCUT2D eigenvalue weighted by Crippen LogP contribution is -2.44. The van der Waals surface area contributed by atoms with Crippen LogP contribution in [0.1, 0.15) is 18.8 Å². The van der Waals surface area contributed by atoms with E-state index in [0.29, 0.717) is 17.3 Å². The minimum atomic E-state index is -0.330. The molecule has 0 bridgehead atoms. The molecule has 0 spiro atoms. The van der Waals surface area contributed by atoms with Crippen LogP contribution in [0, 0.1) is 5.82 Å². The molecule has 21 heavy (non-hydrogen) atoms. The third-order valence-corrected chi connectivity index (χ3v) is 4.37. The van der Waals surface area contributed by atoms with Crippen molar-refractivity contribution in [2.24, 2.45) is 0 Å². The van der Waals surface area contributed by atoms with Gasteiger partial charge < -0.3 is 9.84 Å². The summed E-state index contributed by atoms with van der Waals surface area (Å²) in [5.41, 5.74) is 0.571. The van der Waals surface area contributed by atoms with Crippen molar-refractivity contribution in [3.8, 4) is 11.5 Å². The van der Waals surface area contributed by atoms with Gasteiger partial charge in [0.2, 0.25) is 0 Å². The van der Waals surface area contributed by atoms with E-state index in [9.17, 15) is 4.39 Å². The molecule has 1 aliphatic heterocycles. The molecule has 1 fully saturated rings. The van der Waals surface area contributed by atoms with E-state index < -0.39 is 0 Å². The molecule has 1 atom stereocenters. The summed E-state index contributed by atoms with van der Waals surface area (Å²) in [6, 6.07) is 4.48. The van der Waals surface area contributed by atoms with Gasteiger partial charge in [-0.2, -0.15) is 4.98 Å². The van der Waals surface area contributed by atoms with Gasteiger partial charge in [-0.3, -0.25) is 4.90 Å². The monoisotopic (exact) mass is 354 g/mol. The second-order valence-corrected chi connectivity index (χ2v) is 5.90. The van der Waals surface area contributed by atoms with Gasteiger partial charge >= 0.3 is 0 Å². The molecular formula is C14H16BrFN4O. The maximum atomic E-state index is 13.4. The normalized spacial score (nSPS) is 17.9. The molecule has 1 aliphatic rings. The van der Waals surface area contributed by atoms with Crippen LogP contribution in [-0.2, 0) is 0 Å². The molecule has 0 radical (unpaired) electrons. The van der Waals surface area contributed by atoms with Gasteiger partial charge in [-0.05, 0) is 41.1 Å². The fraction of sp³-hybridized carbons (Fsp3) is 0.429. The SMILES string of the molecule is CC(c1noc(-c2cc(F)ccc2Br)n1)N1CCNCC1. The topological polar surface area (TPSA) is 54.2 Å². The molecule has 0 aliphatic carbocycles. The molecule has 1 aromatic heterocycles. The highest BCUT2D eigenvalue weighted by atomic mass is 79.9. The Balaban J connectivity index is 1.84. The Morgan fingerprint density at radius 3 is 2.90 bits per heavy atom. The van der Waals surface area contributed by atoms with Crippen molar-refractivity contribution in [2.45, 2.75) is 13.0 Å². The summed E-state index contributed by atoms with van der Waals surface area (Å²) in [5.74, 6) is 0.629. The Morgan fingerprint density at radius 1 is 1.38 bits per heavy atom. The van der Waals surface area contributed by atoms with Crippen molar-refractivity contribution in [3.05, 3.63) is 34.3 Å². The van der Waals surface area contributed by atoms with Gasteiger partial charge in [-0.15, -0.1) is 0 Å². The van der Waals surface area contributed by atoms with Gasteiger partial charge in [-0.25, -0.2) is 4.39 Å². The molecule has 3 rings (SSSR count). The average molecular weight is 355 g/mol. The molecule has 7 heteroatoms. The zero-order valence-corrected chi connectivity index (χ0v) is 13.2. The van der Waals surface area contributed by atoms with Crippen LogP contribution in [0.5, 0.6) is 0 Å². The maximum Gasteiger partial charge on any atom is 0.259 e. The molecule has 1 saturated heterocycles. The van der Waals surface area contributed by atoms with Gasteiger partial charge in [0.1, 0.15) is 5.82 Å². The summed E-state index contributed by atoms with van der Waals surface area (Å²) in [6.45, 7) is 5.89. The second kappa shape index (κ2) is 6.21. The highest BCUT2D eigenvalue weighted by Crippen LogP contribution is 2.29. The lowest BCUT2D eigenvalue weighted by molar-refractivity contribution is 0.176. The van der Waals surface area contributed by atoms with Crippen molar-refractivity contribution in [2.75, 3.05) is 26.2 Å². The number of nitrogens with one attached hydrogen (secondary N) is 1. The molecule has 2 heterocycles. The summed E-state index contributed by atoms with van der Waals surface area (Å²) in [4.78, 5) is 6.72. The van der Waals surface area contributed by atoms with E-state index in [1.165, 1.54) is 12.1 Å². The number of nitrogens with zero attached hydrogens (tertiary/aromatic N) is 3. The Bertz CT molecular complexity index is 627. The number of aromatic nitrogens is 2. The minimum Gasteiger partial charge on any atom is -0.334 e. The predicted octanol–water partition coefficient (Wildman–Crippen LogP) is 2.60. The van der Waals surface area contributed by atoms with E-state index in [1.807, 2.05) is 0 Å². The summed E-state index contributed by atoms with van der Waals surface area (Å²) >= 11 is 3.38. The molecule has 112 valence electrons. The zero-order chi connectivity index (χ0) is 14.8. The smallest absolute Gasteiger partial charge is 0.259 e. The first kappa shape index (κ1) is 14.6. The lowest BCUT2D eigenvalue weighted by Gasteiger charge is -2.30. The van der Waals surface area contributed by atoms with Crippen LogP contribution in [0.2, 0.25) is 0 Å². The molecule has 1 N–H and O–H groups in total. The average Bonchev–Trinajstić information content (AvgIpc) is 2.99. The number of rotatable bonds is 3. The van der Waals surface area contributed by atoms with E-state index in [4.69, 9.17) is 4.52 Å². The largest absolute Gasteiger partial charge is 0.334 e. The quantitative estimate of drug-likeness (QED) is 0.917. The van der Waals surface area contributed by atoms with E-state index in [1.54, 1.807) is 6.07 Å². The summed E-state index contributed by atoms with van der Waals surface area (Å²) in [6.07, 6.45) is 0. The molecule has 0 saturated carbocycles. The number of hydrogen-bond acceptors (Lipinski definition) is 5. The maximum absolute atomic E-state index is 13.4. The highest BCUT2D eigenvalue weighted by Gasteiger charge is 2.23. The molecular weight excluding hydrogens is 339 g/mol. The van der Waals surface area contributed by atoms with Crippen molar-refractivity contribution in [3.63, 3.8) is 0 Å². The summed E-state index contributed by atoms with van der Waals surface area (Å²) in [7, 11) is 0. The van der Waals surface area contributed by atoms with E-state index in [-0.39, 0.29) is 11.9 Å². The van der Waals surface area contributed by atoms with Crippen molar-refractivity contribution in [1.29, 1.82) is 0 Å². The van der Waals surface area contributed by atoms with Crippen LogP contribution in [0.25, 0.3) is 11.5 Å². The number of hydrogen-bond donors (Lipinski definition) is 1. The van der Waals surface area contributed by atoms with Crippen molar-refractivity contribution < 1.29 is 8.91 Å². The van der Waals surface area contributed by atoms with Crippen LogP contribution in [0.3, 0.4) is 0 Å². The van der Waals surface area contributed by atoms with Gasteiger partial charge in [0.15, 0.2) is 5.82 Å². The van der Waals surface area contributed by atoms with Gasteiger partial charge in [0, 0.05) is 30.7 Å². The first-order valence-corrected chi connectivity index (χ1v) is 7.68. The van der Waals surface area contributed by atoms with Gasteiger partial charge in [-0.1, -0.05) is 5.16 Å². The molecule has 2 aromatic rings. The standard InChI is InChI=1S/C14H16BrFN4O/c1-9(20-6-4-17-5-7-20)13-18-14(21-19-13)11-8-10(16)2-3-12(11)15/h2-3,8-9,17H,4-7H2,1H3. The third kappa shape index (κ3) is 3.14. The minimum absolute atomic E-state index is 0.0805. The molecule has 0 amide bonds. The van der Waals surface area contributed by atoms with Crippen LogP contribution >= 0.6 is 15.9 Å². The summed E-state index contributed by atoms with van der Waals surface area (Å²) in [5, 5.41) is 7.36. The van der Waals surface area contributed by atoms with Crippen LogP contribution < -0.4 is 5.32 Å². The van der Waals surface area contributed by atoms with Gasteiger partial charge in [0.25, 0.3) is 5.89 Å². The second-order valence-electron chi connectivity index (χ2n) is 5.04. The molecule has 1 aromatic carbocycles. The molecule has 5 nitrogen and oxygen atoms in total. The third-order valence-electron chi connectivity index (χ3n) is 3.67. The number of piperazine rings is 1. The molecule has 1 unspecified atom stereocenters. The predicted molar refractivity (Wildman–Crippen MR) is 80.2 cm³/mol. The number of halogens is 2. The Kier molecular flexibility index (Phi) is 4.32. The first-order valence-electron chi connectivity index (χ1n) is 6.89. The highest BCUT2D eigenvalue weighted by molar-refractivity contribution is 9.10. The fourth-order valence-electron chi connectivity index (χ4n) is 2.41. The van der Waals surface area contributed by atoms with E-state index >= 15 is 0 Å². The van der Waals surface area contributed by atoms with Crippen molar-refractivity contribution in [1.82, 2.24) is 20.4 Å². The Hall–Kier alpha value is -1.31. The fourth-order valence-corrected chi connectivity index (χ4v) is 2.82. The van der Waals surface area contributed by atoms with Crippen LogP contribution in [0.15, 0.2) is 27.2 Å². The zero-order valence-electron chi connectivity index (χ0n) is 11.6. The van der Waals surface area contributed by atoms with Crippen LogP contribution in [0.4, 0.5) is 4.39 Å².